The topological polar surface area (TPSA) is 117 Å². The lowest BCUT2D eigenvalue weighted by Gasteiger charge is -2.35. The minimum Gasteiger partial charge on any atom is -0.339 e. The third-order valence-electron chi connectivity index (χ3n) is 8.50. The van der Waals surface area contributed by atoms with Gasteiger partial charge in [0.2, 0.25) is 5.91 Å². The predicted molar refractivity (Wildman–Crippen MR) is 151 cm³/mol. The molecule has 3 aromatic rings. The number of hydrogen-bond donors (Lipinski definition) is 2. The second-order valence-corrected chi connectivity index (χ2v) is 11.6. The van der Waals surface area contributed by atoms with Crippen molar-refractivity contribution < 1.29 is 31.9 Å². The van der Waals surface area contributed by atoms with Crippen molar-refractivity contribution in [3.05, 3.63) is 52.7 Å². The van der Waals surface area contributed by atoms with Crippen molar-refractivity contribution in [2.45, 2.75) is 19.4 Å². The molecule has 3 amide bonds. The van der Waals surface area contributed by atoms with Crippen molar-refractivity contribution in [1.82, 2.24) is 34.4 Å². The molecule has 3 fully saturated rings. The van der Waals surface area contributed by atoms with Gasteiger partial charge in [0.15, 0.2) is 5.82 Å². The zero-order valence-corrected chi connectivity index (χ0v) is 24.3. The van der Waals surface area contributed by atoms with E-state index in [1.54, 1.807) is 4.90 Å². The first-order chi connectivity index (χ1) is 21.0. The molecule has 2 N–H and O–H groups in total. The zero-order valence-electron chi connectivity index (χ0n) is 23.5. The van der Waals surface area contributed by atoms with Crippen LogP contribution >= 0.6 is 11.6 Å². The Balaban J connectivity index is 1.09. The minimum atomic E-state index is -3.04. The molecular weight excluding hydrogens is 608 g/mol. The van der Waals surface area contributed by atoms with Crippen LogP contribution in [0.1, 0.15) is 33.1 Å². The number of carbonyl (C=O) groups is 3. The molecule has 3 aliphatic rings. The first-order valence-corrected chi connectivity index (χ1v) is 14.5. The maximum atomic E-state index is 13.6. The van der Waals surface area contributed by atoms with Gasteiger partial charge in [-0.3, -0.25) is 19.1 Å². The van der Waals surface area contributed by atoms with Gasteiger partial charge in [0, 0.05) is 56.6 Å². The highest BCUT2D eigenvalue weighted by molar-refractivity contribution is 6.34. The number of piperidine rings is 1. The second kappa shape index (κ2) is 11.8. The van der Waals surface area contributed by atoms with Crippen LogP contribution in [0.2, 0.25) is 5.02 Å². The average Bonchev–Trinajstić information content (AvgIpc) is 3.35. The largest absolute Gasteiger partial charge is 0.339 e. The van der Waals surface area contributed by atoms with Crippen LogP contribution in [0.5, 0.6) is 0 Å². The van der Waals surface area contributed by atoms with Crippen molar-refractivity contribution in [3.8, 4) is 11.3 Å². The van der Waals surface area contributed by atoms with Crippen LogP contribution in [-0.2, 0) is 18.4 Å². The molecule has 2 saturated heterocycles. The fraction of sp³-hybridized carbons (Fsp3) is 0.464. The van der Waals surface area contributed by atoms with Gasteiger partial charge in [0.05, 0.1) is 22.5 Å². The van der Waals surface area contributed by atoms with Gasteiger partial charge in [-0.15, -0.1) is 0 Å². The Morgan fingerprint density at radius 2 is 1.75 bits per heavy atom. The number of anilines is 1. The Morgan fingerprint density at radius 3 is 2.39 bits per heavy atom. The second-order valence-electron chi connectivity index (χ2n) is 11.1. The third kappa shape index (κ3) is 5.65. The summed E-state index contributed by atoms with van der Waals surface area (Å²) in [5.74, 6) is 0.0118. The lowest BCUT2D eigenvalue weighted by Crippen LogP contribution is -2.51. The summed E-state index contributed by atoms with van der Waals surface area (Å²) in [5, 5.41) is 9.59. The molecule has 1 aliphatic carbocycles. The lowest BCUT2D eigenvalue weighted by atomic mass is 10.1. The Hall–Kier alpha value is -3.98. The summed E-state index contributed by atoms with van der Waals surface area (Å²) in [6.45, 7) is 2.59. The molecule has 11 nitrogen and oxygen atoms in total. The number of fused-ring (bicyclic) bond motifs is 1. The highest BCUT2D eigenvalue weighted by atomic mass is 35.5. The van der Waals surface area contributed by atoms with E-state index in [-0.39, 0.29) is 51.1 Å². The van der Waals surface area contributed by atoms with Crippen molar-refractivity contribution in [2.75, 3.05) is 44.6 Å². The van der Waals surface area contributed by atoms with Crippen molar-refractivity contribution in [3.63, 3.8) is 0 Å². The normalized spacial score (nSPS) is 21.2. The number of alkyl halides is 4. The molecule has 1 saturated carbocycles. The highest BCUT2D eigenvalue weighted by Gasteiger charge is 2.58. The fourth-order valence-corrected chi connectivity index (χ4v) is 6.41. The minimum absolute atomic E-state index is 0.0868. The van der Waals surface area contributed by atoms with E-state index in [2.05, 4.69) is 20.7 Å². The number of nitrogens with zero attached hydrogens (tertiary/aromatic N) is 6. The van der Waals surface area contributed by atoms with Gasteiger partial charge in [-0.25, -0.2) is 22.5 Å². The van der Waals surface area contributed by atoms with Gasteiger partial charge in [0.25, 0.3) is 24.7 Å². The van der Waals surface area contributed by atoms with Gasteiger partial charge < -0.3 is 25.0 Å². The SMILES string of the molecule is Cn1c(-c2cn(CC(F)F)nc2C(F)F)cnc1C(=O)Nc1ccc(C(=O)N2CCN(C(=O)C3[C@H]4CNC[C@@H]34)CC2)c(Cl)c1. The van der Waals surface area contributed by atoms with Gasteiger partial charge in [-0.05, 0) is 43.1 Å². The van der Waals surface area contributed by atoms with Crippen molar-refractivity contribution >= 4 is 35.0 Å². The molecule has 2 aromatic heterocycles. The van der Waals surface area contributed by atoms with E-state index in [4.69, 9.17) is 11.6 Å². The Kier molecular flexibility index (Phi) is 8.09. The average molecular weight is 637 g/mol. The summed E-state index contributed by atoms with van der Waals surface area (Å²) in [5.41, 5.74) is -0.240. The maximum absolute atomic E-state index is 13.6. The monoisotopic (exact) mass is 636 g/mol. The number of amides is 3. The molecule has 234 valence electrons. The Morgan fingerprint density at radius 1 is 1.07 bits per heavy atom. The molecule has 3 atom stereocenters. The molecule has 0 radical (unpaired) electrons. The van der Waals surface area contributed by atoms with Crippen LogP contribution in [0.3, 0.4) is 0 Å². The van der Waals surface area contributed by atoms with Gasteiger partial charge in [0.1, 0.15) is 12.2 Å². The molecule has 16 heteroatoms. The molecule has 0 bridgehead atoms. The van der Waals surface area contributed by atoms with Gasteiger partial charge in [-0.2, -0.15) is 5.10 Å². The molecule has 4 heterocycles. The number of aromatic nitrogens is 4. The van der Waals surface area contributed by atoms with Gasteiger partial charge >= 0.3 is 0 Å². The summed E-state index contributed by atoms with van der Waals surface area (Å²) in [4.78, 5) is 46.6. The van der Waals surface area contributed by atoms with E-state index in [0.29, 0.717) is 38.0 Å². The summed E-state index contributed by atoms with van der Waals surface area (Å²) >= 11 is 6.43. The highest BCUT2D eigenvalue weighted by Crippen LogP contribution is 2.49. The van der Waals surface area contributed by atoms with Crippen molar-refractivity contribution in [1.29, 1.82) is 0 Å². The maximum Gasteiger partial charge on any atom is 0.291 e. The van der Waals surface area contributed by atoms with Crippen LogP contribution in [0.4, 0.5) is 23.2 Å². The number of imidazole rings is 1. The molecule has 2 aliphatic heterocycles. The lowest BCUT2D eigenvalue weighted by molar-refractivity contribution is -0.134. The quantitative estimate of drug-likeness (QED) is 0.367. The number of benzene rings is 1. The van der Waals surface area contributed by atoms with Crippen LogP contribution < -0.4 is 10.6 Å². The first-order valence-electron chi connectivity index (χ1n) is 14.1. The molecule has 0 spiro atoms. The number of halogens is 5. The van der Waals surface area contributed by atoms with Gasteiger partial charge in [-0.1, -0.05) is 11.6 Å². The van der Waals surface area contributed by atoms with Crippen LogP contribution in [0.15, 0.2) is 30.6 Å². The number of nitrogens with one attached hydrogen (secondary N) is 2. The van der Waals surface area contributed by atoms with Crippen LogP contribution in [0.25, 0.3) is 11.3 Å². The summed E-state index contributed by atoms with van der Waals surface area (Å²) in [6, 6.07) is 4.41. The zero-order chi connectivity index (χ0) is 31.3. The summed E-state index contributed by atoms with van der Waals surface area (Å²) < 4.78 is 54.7. The van der Waals surface area contributed by atoms with E-state index in [1.165, 1.54) is 36.0 Å². The molecule has 1 unspecified atom stereocenters. The number of rotatable bonds is 8. The molecule has 44 heavy (non-hydrogen) atoms. The standard InChI is InChI=1S/C28H29ClF4N8O3/c1-38-20(18-12-41(13-21(30)31)37-23(18)24(32)33)11-35-25(38)26(42)36-14-2-3-15(19(29)8-14)27(43)39-4-6-40(7-5-39)28(44)22-16-9-34-10-17(16)22/h2-3,8,11-12,16-17,21-22,24,34H,4-7,9-10,13H2,1H3,(H,36,42)/t16-,17+,22?. The third-order valence-corrected chi connectivity index (χ3v) is 8.81. The van der Waals surface area contributed by atoms with E-state index in [9.17, 15) is 31.9 Å². The van der Waals surface area contributed by atoms with Crippen LogP contribution in [-0.4, -0.2) is 92.5 Å². The molecular formula is C28H29ClF4N8O3. The predicted octanol–water partition coefficient (Wildman–Crippen LogP) is 3.14. The fourth-order valence-electron chi connectivity index (χ4n) is 6.15. The Bertz CT molecular complexity index is 1590. The van der Waals surface area contributed by atoms with E-state index in [0.717, 1.165) is 24.0 Å². The summed E-state index contributed by atoms with van der Waals surface area (Å²) in [7, 11) is 1.42. The first kappa shape index (κ1) is 30.1. The number of piperazine rings is 1. The number of carbonyl (C=O) groups excluding carboxylic acids is 3. The Labute approximate surface area is 254 Å². The van der Waals surface area contributed by atoms with E-state index in [1.807, 2.05) is 4.90 Å². The van der Waals surface area contributed by atoms with Crippen molar-refractivity contribution in [2.24, 2.45) is 24.8 Å². The smallest absolute Gasteiger partial charge is 0.291 e. The van der Waals surface area contributed by atoms with E-state index >= 15 is 0 Å². The summed E-state index contributed by atoms with van der Waals surface area (Å²) in [6.07, 6.45) is -3.58. The number of hydrogen-bond acceptors (Lipinski definition) is 6. The molecule has 6 rings (SSSR count). The van der Waals surface area contributed by atoms with Crippen LogP contribution in [0, 0.1) is 17.8 Å². The van der Waals surface area contributed by atoms with E-state index < -0.39 is 31.0 Å². The molecule has 1 aromatic carbocycles.